The molecule has 0 fully saturated rings. The Morgan fingerprint density at radius 3 is 2.61 bits per heavy atom. The van der Waals surface area contributed by atoms with Crippen LogP contribution in [0.25, 0.3) is 5.69 Å². The average molecular weight is 413 g/mol. The first-order valence-electron chi connectivity index (χ1n) is 7.94. The van der Waals surface area contributed by atoms with Crippen LogP contribution in [0.5, 0.6) is 0 Å². The number of rotatable bonds is 4. The second kappa shape index (κ2) is 7.76. The number of nitrogens with two attached hydrogens (primary N) is 1. The van der Waals surface area contributed by atoms with Crippen LogP contribution in [-0.2, 0) is 10.8 Å². The van der Waals surface area contributed by atoms with Gasteiger partial charge in [-0.2, -0.15) is 5.26 Å². The minimum absolute atomic E-state index is 0.180. The number of carbonyl (C=O) groups excluding carboxylic acids is 1. The standard InChI is InChI=1S/C19H13ClN4O3S/c1-11-17(28(27)15-6-5-13(9-21)23-10-15)8-16(18(22)25)19(26)24(11)14-4-2-3-12(20)7-14/h2-8,10H,1H3,(H2,22,25). The molecule has 2 aromatic heterocycles. The molecule has 2 heterocycles. The second-order valence-corrected chi connectivity index (χ2v) is 7.64. The number of hydrogen-bond donors (Lipinski definition) is 1. The molecule has 1 amide bonds. The fourth-order valence-electron chi connectivity index (χ4n) is 2.65. The van der Waals surface area contributed by atoms with E-state index < -0.39 is 22.3 Å². The van der Waals surface area contributed by atoms with Crippen molar-refractivity contribution < 1.29 is 9.00 Å². The molecule has 28 heavy (non-hydrogen) atoms. The number of hydrogen-bond acceptors (Lipinski definition) is 5. The lowest BCUT2D eigenvalue weighted by molar-refractivity contribution is 0.0998. The van der Waals surface area contributed by atoms with Gasteiger partial charge in [0.05, 0.1) is 26.3 Å². The Hall–Kier alpha value is -3.28. The molecule has 0 saturated heterocycles. The minimum atomic E-state index is -1.77. The first-order chi connectivity index (χ1) is 13.3. The number of amides is 1. The molecule has 7 nitrogen and oxygen atoms in total. The third-order valence-electron chi connectivity index (χ3n) is 4.00. The van der Waals surface area contributed by atoms with E-state index in [9.17, 15) is 13.8 Å². The summed E-state index contributed by atoms with van der Waals surface area (Å²) in [6.07, 6.45) is 1.31. The Labute approximate surface area is 167 Å². The number of pyridine rings is 2. The Morgan fingerprint density at radius 1 is 1.29 bits per heavy atom. The summed E-state index contributed by atoms with van der Waals surface area (Å²) in [4.78, 5) is 29.1. The molecule has 1 aromatic carbocycles. The highest BCUT2D eigenvalue weighted by Crippen LogP contribution is 2.23. The van der Waals surface area contributed by atoms with Crippen LogP contribution in [0.1, 0.15) is 21.7 Å². The van der Waals surface area contributed by atoms with Crippen LogP contribution in [0.3, 0.4) is 0 Å². The van der Waals surface area contributed by atoms with Gasteiger partial charge in [0.2, 0.25) is 0 Å². The number of nitriles is 1. The number of aromatic nitrogens is 2. The maximum absolute atomic E-state index is 13.1. The van der Waals surface area contributed by atoms with E-state index in [4.69, 9.17) is 22.6 Å². The molecule has 140 valence electrons. The van der Waals surface area contributed by atoms with Gasteiger partial charge < -0.3 is 5.73 Å². The highest BCUT2D eigenvalue weighted by Gasteiger charge is 2.21. The Bertz CT molecular complexity index is 1210. The van der Waals surface area contributed by atoms with Gasteiger partial charge in [0.15, 0.2) is 0 Å². The topological polar surface area (TPSA) is 119 Å². The quantitative estimate of drug-likeness (QED) is 0.705. The minimum Gasteiger partial charge on any atom is -0.365 e. The van der Waals surface area contributed by atoms with Crippen molar-refractivity contribution in [3.63, 3.8) is 0 Å². The van der Waals surface area contributed by atoms with Gasteiger partial charge in [-0.25, -0.2) is 9.19 Å². The molecular formula is C19H13ClN4O3S. The molecule has 0 radical (unpaired) electrons. The summed E-state index contributed by atoms with van der Waals surface area (Å²) < 4.78 is 14.3. The average Bonchev–Trinajstić information content (AvgIpc) is 2.67. The second-order valence-electron chi connectivity index (χ2n) is 5.75. The zero-order chi connectivity index (χ0) is 20.4. The van der Waals surface area contributed by atoms with Crippen LogP contribution in [0, 0.1) is 18.3 Å². The van der Waals surface area contributed by atoms with E-state index in [0.717, 1.165) is 0 Å². The van der Waals surface area contributed by atoms with Crippen LogP contribution in [0.15, 0.2) is 63.2 Å². The highest BCUT2D eigenvalue weighted by atomic mass is 35.5. The van der Waals surface area contributed by atoms with Crippen LogP contribution in [-0.4, -0.2) is 19.7 Å². The maximum atomic E-state index is 13.1. The normalized spacial score (nSPS) is 11.6. The van der Waals surface area contributed by atoms with E-state index in [1.807, 2.05) is 6.07 Å². The van der Waals surface area contributed by atoms with E-state index in [1.165, 1.54) is 29.0 Å². The maximum Gasteiger partial charge on any atom is 0.268 e. The third-order valence-corrected chi connectivity index (χ3v) is 5.71. The summed E-state index contributed by atoms with van der Waals surface area (Å²) in [5, 5.41) is 9.25. The van der Waals surface area contributed by atoms with Crippen LogP contribution in [0.4, 0.5) is 0 Å². The van der Waals surface area contributed by atoms with E-state index in [1.54, 1.807) is 31.2 Å². The van der Waals surface area contributed by atoms with Gasteiger partial charge in [-0.05, 0) is 43.3 Å². The van der Waals surface area contributed by atoms with E-state index in [2.05, 4.69) is 4.98 Å². The summed E-state index contributed by atoms with van der Waals surface area (Å²) in [5.74, 6) is -0.933. The van der Waals surface area contributed by atoms with E-state index in [-0.39, 0.29) is 16.2 Å². The van der Waals surface area contributed by atoms with Crippen molar-refractivity contribution >= 4 is 28.3 Å². The van der Waals surface area contributed by atoms with Crippen molar-refractivity contribution in [1.29, 1.82) is 5.26 Å². The molecule has 0 spiro atoms. The molecule has 2 N–H and O–H groups in total. The lowest BCUT2D eigenvalue weighted by atomic mass is 10.2. The lowest BCUT2D eigenvalue weighted by Crippen LogP contribution is -2.31. The zero-order valence-electron chi connectivity index (χ0n) is 14.5. The molecule has 3 rings (SSSR count). The first-order valence-corrected chi connectivity index (χ1v) is 9.46. The molecule has 0 saturated carbocycles. The molecule has 1 unspecified atom stereocenters. The summed E-state index contributed by atoms with van der Waals surface area (Å²) in [6, 6.07) is 12.5. The monoisotopic (exact) mass is 412 g/mol. The number of nitrogens with zero attached hydrogens (tertiary/aromatic N) is 3. The van der Waals surface area contributed by atoms with Gasteiger partial charge in [-0.3, -0.25) is 14.2 Å². The largest absolute Gasteiger partial charge is 0.365 e. The van der Waals surface area contributed by atoms with Crippen LogP contribution >= 0.6 is 11.6 Å². The van der Waals surface area contributed by atoms with Gasteiger partial charge in [0.1, 0.15) is 17.3 Å². The van der Waals surface area contributed by atoms with Crippen LogP contribution < -0.4 is 11.3 Å². The molecule has 0 aliphatic heterocycles. The van der Waals surface area contributed by atoms with Gasteiger partial charge >= 0.3 is 0 Å². The third kappa shape index (κ3) is 3.58. The summed E-state index contributed by atoms with van der Waals surface area (Å²) >= 11 is 6.03. The SMILES string of the molecule is Cc1c(S(=O)c2ccc(C#N)nc2)cc(C(N)=O)c(=O)n1-c1cccc(Cl)c1. The van der Waals surface area contributed by atoms with Crippen molar-refractivity contribution in [1.82, 2.24) is 9.55 Å². The fourth-order valence-corrected chi connectivity index (χ4v) is 4.02. The Morgan fingerprint density at radius 2 is 2.04 bits per heavy atom. The number of benzene rings is 1. The van der Waals surface area contributed by atoms with Crippen LogP contribution in [0.2, 0.25) is 5.02 Å². The summed E-state index contributed by atoms with van der Waals surface area (Å²) in [5.41, 5.74) is 5.38. The lowest BCUT2D eigenvalue weighted by Gasteiger charge is -2.16. The molecule has 0 aliphatic rings. The van der Waals surface area contributed by atoms with Gasteiger partial charge in [-0.15, -0.1) is 0 Å². The highest BCUT2D eigenvalue weighted by molar-refractivity contribution is 7.85. The Balaban J connectivity index is 2.27. The first kappa shape index (κ1) is 19.5. The summed E-state index contributed by atoms with van der Waals surface area (Å²) in [6.45, 7) is 1.61. The van der Waals surface area contributed by atoms with E-state index in [0.29, 0.717) is 21.3 Å². The summed E-state index contributed by atoms with van der Waals surface area (Å²) in [7, 11) is -1.77. The molecule has 1 atom stereocenters. The predicted octanol–water partition coefficient (Wildman–Crippen LogP) is 2.33. The number of primary amides is 1. The van der Waals surface area contributed by atoms with Crippen molar-refractivity contribution in [3.05, 3.63) is 81.0 Å². The van der Waals surface area contributed by atoms with Crippen molar-refractivity contribution in [2.45, 2.75) is 16.7 Å². The van der Waals surface area contributed by atoms with Crippen molar-refractivity contribution in [2.24, 2.45) is 5.73 Å². The van der Waals surface area contributed by atoms with Crippen molar-refractivity contribution in [2.75, 3.05) is 0 Å². The fraction of sp³-hybridized carbons (Fsp3) is 0.0526. The number of carbonyl (C=O) groups is 1. The smallest absolute Gasteiger partial charge is 0.268 e. The number of halogens is 1. The molecule has 0 aliphatic carbocycles. The predicted molar refractivity (Wildman–Crippen MR) is 104 cm³/mol. The Kier molecular flexibility index (Phi) is 5.40. The molecular weight excluding hydrogens is 400 g/mol. The molecule has 9 heteroatoms. The zero-order valence-corrected chi connectivity index (χ0v) is 16.1. The van der Waals surface area contributed by atoms with Crippen molar-refractivity contribution in [3.8, 4) is 11.8 Å². The van der Waals surface area contributed by atoms with Gasteiger partial charge in [0.25, 0.3) is 11.5 Å². The van der Waals surface area contributed by atoms with Gasteiger partial charge in [-0.1, -0.05) is 17.7 Å². The van der Waals surface area contributed by atoms with E-state index >= 15 is 0 Å². The molecule has 3 aromatic rings. The van der Waals surface area contributed by atoms with Gasteiger partial charge in [0, 0.05) is 16.9 Å². The molecule has 0 bridgehead atoms.